The van der Waals surface area contributed by atoms with Crippen molar-refractivity contribution in [3.05, 3.63) is 17.6 Å². The van der Waals surface area contributed by atoms with Gasteiger partial charge in [-0.2, -0.15) is 0 Å². The summed E-state index contributed by atoms with van der Waals surface area (Å²) in [6.07, 6.45) is 2.96. The minimum absolute atomic E-state index is 0.0746. The molecule has 0 atom stereocenters. The summed E-state index contributed by atoms with van der Waals surface area (Å²) >= 11 is 0. The van der Waals surface area contributed by atoms with Crippen molar-refractivity contribution < 1.29 is 14.6 Å². The average Bonchev–Trinajstić information content (AvgIpc) is 2.47. The second-order valence-corrected chi connectivity index (χ2v) is 5.32. The lowest BCUT2D eigenvalue weighted by Gasteiger charge is -2.32. The normalized spacial score (nSPS) is 16.2. The molecule has 0 saturated carbocycles. The fraction of sp³-hybridized carbons (Fsp3) is 0.667. The van der Waals surface area contributed by atoms with E-state index in [1.54, 1.807) is 0 Å². The molecular formula is C15H23N3O3. The Kier molecular flexibility index (Phi) is 5.50. The van der Waals surface area contributed by atoms with Gasteiger partial charge in [-0.25, -0.2) is 9.97 Å². The van der Waals surface area contributed by atoms with Crippen LogP contribution in [0.25, 0.3) is 0 Å². The van der Waals surface area contributed by atoms with Crippen LogP contribution in [0.15, 0.2) is 6.07 Å². The molecule has 1 N–H and O–H groups in total. The molecule has 0 unspecified atom stereocenters. The molecule has 1 aliphatic heterocycles. The van der Waals surface area contributed by atoms with Gasteiger partial charge in [0.25, 0.3) is 0 Å². The number of ether oxygens (including phenoxy) is 1. The first-order chi connectivity index (χ1) is 10.1. The molecule has 1 aromatic rings. The predicted octanol–water partition coefficient (Wildman–Crippen LogP) is 1.81. The van der Waals surface area contributed by atoms with E-state index >= 15 is 0 Å². The van der Waals surface area contributed by atoms with E-state index in [4.69, 9.17) is 9.84 Å². The number of carboxylic acids is 1. The Labute approximate surface area is 125 Å². The standard InChI is InChI=1S/C15H23N3O3/c1-3-12-10-14(17-11(2)16-12)18-7-4-13(5-8-18)21-9-6-15(19)20/h10,13H,3-9H2,1-2H3,(H,19,20). The highest BCUT2D eigenvalue weighted by molar-refractivity contribution is 5.66. The molecule has 6 nitrogen and oxygen atoms in total. The molecule has 1 saturated heterocycles. The zero-order chi connectivity index (χ0) is 15.2. The number of hydrogen-bond acceptors (Lipinski definition) is 5. The maximum absolute atomic E-state index is 10.5. The van der Waals surface area contributed by atoms with Gasteiger partial charge in [0.1, 0.15) is 11.6 Å². The van der Waals surface area contributed by atoms with Crippen molar-refractivity contribution in [1.82, 2.24) is 9.97 Å². The minimum atomic E-state index is -0.809. The predicted molar refractivity (Wildman–Crippen MR) is 79.6 cm³/mol. The Bertz CT molecular complexity index is 485. The zero-order valence-electron chi connectivity index (χ0n) is 12.7. The lowest BCUT2D eigenvalue weighted by molar-refractivity contribution is -0.138. The van der Waals surface area contributed by atoms with E-state index in [1.807, 2.05) is 6.92 Å². The van der Waals surface area contributed by atoms with Crippen molar-refractivity contribution in [2.45, 2.75) is 45.6 Å². The molecule has 1 fully saturated rings. The Balaban J connectivity index is 1.86. The van der Waals surface area contributed by atoms with Crippen LogP contribution in [0.1, 0.15) is 37.7 Å². The number of rotatable bonds is 6. The maximum Gasteiger partial charge on any atom is 0.305 e. The molecule has 1 aliphatic rings. The third-order valence-corrected chi connectivity index (χ3v) is 3.68. The Morgan fingerprint density at radius 2 is 2.14 bits per heavy atom. The molecule has 1 aromatic heterocycles. The number of aryl methyl sites for hydroxylation is 2. The van der Waals surface area contributed by atoms with E-state index in [9.17, 15) is 4.79 Å². The molecular weight excluding hydrogens is 270 g/mol. The molecule has 21 heavy (non-hydrogen) atoms. The Hall–Kier alpha value is -1.69. The highest BCUT2D eigenvalue weighted by Crippen LogP contribution is 2.20. The summed E-state index contributed by atoms with van der Waals surface area (Å²) in [4.78, 5) is 21.6. The molecule has 0 radical (unpaired) electrons. The van der Waals surface area contributed by atoms with E-state index in [0.29, 0.717) is 6.61 Å². The smallest absolute Gasteiger partial charge is 0.305 e. The van der Waals surface area contributed by atoms with Crippen molar-refractivity contribution in [2.75, 3.05) is 24.6 Å². The summed E-state index contributed by atoms with van der Waals surface area (Å²) < 4.78 is 5.61. The van der Waals surface area contributed by atoms with Gasteiger partial charge in [0.05, 0.1) is 19.1 Å². The Morgan fingerprint density at radius 3 is 2.76 bits per heavy atom. The van der Waals surface area contributed by atoms with Gasteiger partial charge >= 0.3 is 5.97 Å². The Morgan fingerprint density at radius 1 is 1.43 bits per heavy atom. The van der Waals surface area contributed by atoms with Crippen molar-refractivity contribution >= 4 is 11.8 Å². The lowest BCUT2D eigenvalue weighted by Crippen LogP contribution is -2.38. The average molecular weight is 293 g/mol. The third kappa shape index (κ3) is 4.67. The summed E-state index contributed by atoms with van der Waals surface area (Å²) in [5.74, 6) is 0.989. The quantitative estimate of drug-likeness (QED) is 0.862. The number of carboxylic acid groups (broad SMARTS) is 1. The second-order valence-electron chi connectivity index (χ2n) is 5.32. The van der Waals surface area contributed by atoms with Crippen LogP contribution in [0, 0.1) is 6.92 Å². The largest absolute Gasteiger partial charge is 0.481 e. The van der Waals surface area contributed by atoms with Gasteiger partial charge in [0.15, 0.2) is 0 Å². The van der Waals surface area contributed by atoms with Crippen LogP contribution in [0.5, 0.6) is 0 Å². The molecule has 0 aliphatic carbocycles. The minimum Gasteiger partial charge on any atom is -0.481 e. The number of hydrogen-bond donors (Lipinski definition) is 1. The van der Waals surface area contributed by atoms with E-state index in [0.717, 1.165) is 49.7 Å². The first-order valence-corrected chi connectivity index (χ1v) is 7.51. The lowest BCUT2D eigenvalue weighted by atomic mass is 10.1. The molecule has 2 heterocycles. The van der Waals surface area contributed by atoms with Crippen LogP contribution in [-0.4, -0.2) is 46.8 Å². The third-order valence-electron chi connectivity index (χ3n) is 3.68. The number of anilines is 1. The zero-order valence-corrected chi connectivity index (χ0v) is 12.7. The van der Waals surface area contributed by atoms with E-state index in [-0.39, 0.29) is 12.5 Å². The summed E-state index contributed by atoms with van der Waals surface area (Å²) in [6, 6.07) is 2.05. The molecule has 0 bridgehead atoms. The van der Waals surface area contributed by atoms with Crippen LogP contribution in [-0.2, 0) is 16.0 Å². The maximum atomic E-state index is 10.5. The van der Waals surface area contributed by atoms with Crippen LogP contribution in [0.4, 0.5) is 5.82 Å². The molecule has 0 amide bonds. The van der Waals surface area contributed by atoms with Crippen molar-refractivity contribution in [3.63, 3.8) is 0 Å². The van der Waals surface area contributed by atoms with Gasteiger partial charge in [0.2, 0.25) is 0 Å². The molecule has 2 rings (SSSR count). The van der Waals surface area contributed by atoms with E-state index < -0.39 is 5.97 Å². The highest BCUT2D eigenvalue weighted by atomic mass is 16.5. The fourth-order valence-corrected chi connectivity index (χ4v) is 2.52. The van der Waals surface area contributed by atoms with Gasteiger partial charge in [-0.1, -0.05) is 6.92 Å². The first-order valence-electron chi connectivity index (χ1n) is 7.51. The number of carbonyl (C=O) groups is 1. The van der Waals surface area contributed by atoms with Crippen molar-refractivity contribution in [3.8, 4) is 0 Å². The van der Waals surface area contributed by atoms with Gasteiger partial charge < -0.3 is 14.7 Å². The van der Waals surface area contributed by atoms with Crippen LogP contribution in [0.2, 0.25) is 0 Å². The second kappa shape index (κ2) is 7.36. The summed E-state index contributed by atoms with van der Waals surface area (Å²) in [5.41, 5.74) is 1.07. The molecule has 6 heteroatoms. The van der Waals surface area contributed by atoms with Gasteiger partial charge in [-0.05, 0) is 26.2 Å². The first kappa shape index (κ1) is 15.7. The fourth-order valence-electron chi connectivity index (χ4n) is 2.52. The number of aromatic nitrogens is 2. The molecule has 0 spiro atoms. The van der Waals surface area contributed by atoms with Gasteiger partial charge in [0, 0.05) is 24.8 Å². The topological polar surface area (TPSA) is 75.5 Å². The summed E-state index contributed by atoms with van der Waals surface area (Å²) in [6.45, 7) is 6.08. The highest BCUT2D eigenvalue weighted by Gasteiger charge is 2.21. The van der Waals surface area contributed by atoms with Crippen molar-refractivity contribution in [1.29, 1.82) is 0 Å². The molecule has 116 valence electrons. The van der Waals surface area contributed by atoms with Gasteiger partial charge in [-0.15, -0.1) is 0 Å². The molecule has 0 aromatic carbocycles. The summed E-state index contributed by atoms with van der Waals surface area (Å²) in [7, 11) is 0. The van der Waals surface area contributed by atoms with Gasteiger partial charge in [-0.3, -0.25) is 4.79 Å². The SMILES string of the molecule is CCc1cc(N2CCC(OCCC(=O)O)CC2)nc(C)n1. The van der Waals surface area contributed by atoms with Crippen molar-refractivity contribution in [2.24, 2.45) is 0 Å². The van der Waals surface area contributed by atoms with Crippen LogP contribution in [0.3, 0.4) is 0 Å². The number of nitrogens with zero attached hydrogens (tertiary/aromatic N) is 3. The van der Waals surface area contributed by atoms with Crippen LogP contribution >= 0.6 is 0 Å². The monoisotopic (exact) mass is 293 g/mol. The van der Waals surface area contributed by atoms with Crippen LogP contribution < -0.4 is 4.90 Å². The number of aliphatic carboxylic acids is 1. The number of piperidine rings is 1. The summed E-state index contributed by atoms with van der Waals surface area (Å²) in [5, 5.41) is 8.61. The van der Waals surface area contributed by atoms with E-state index in [1.165, 1.54) is 0 Å². The van der Waals surface area contributed by atoms with E-state index in [2.05, 4.69) is 27.9 Å².